The maximum Gasteiger partial charge on any atom is 0.259 e. The molecule has 2 aromatic heterocycles. The number of pyridine rings is 1. The highest BCUT2D eigenvalue weighted by Crippen LogP contribution is 2.39. The summed E-state index contributed by atoms with van der Waals surface area (Å²) in [5, 5.41) is 7.99. The fourth-order valence-electron chi connectivity index (χ4n) is 5.78. The van der Waals surface area contributed by atoms with Crippen LogP contribution in [0.1, 0.15) is 72.8 Å². The van der Waals surface area contributed by atoms with Gasteiger partial charge in [0.1, 0.15) is 6.61 Å². The topological polar surface area (TPSA) is 97.6 Å². The lowest BCUT2D eigenvalue weighted by Gasteiger charge is -2.49. The molecule has 166 valence electrons. The van der Waals surface area contributed by atoms with Gasteiger partial charge in [-0.05, 0) is 70.8 Å². The van der Waals surface area contributed by atoms with E-state index < -0.39 is 0 Å². The van der Waals surface area contributed by atoms with Crippen molar-refractivity contribution in [2.45, 2.75) is 83.3 Å². The van der Waals surface area contributed by atoms with Gasteiger partial charge >= 0.3 is 0 Å². The first kappa shape index (κ1) is 20.4. The molecule has 0 saturated carbocycles. The molecule has 2 fully saturated rings. The molecule has 2 amide bonds. The van der Waals surface area contributed by atoms with Gasteiger partial charge in [0, 0.05) is 30.4 Å². The van der Waals surface area contributed by atoms with Crippen LogP contribution in [0.3, 0.4) is 0 Å². The molecule has 8 nitrogen and oxygen atoms in total. The standard InChI is InChI=1S/C23H30N4O4/c1-3-30-12-19(28)24-14-10-15-6-4-7-16(11-14)27(15)23(29)21-17-8-5-9-18(17)25-22-20(21)13(2)26-31-22/h14-16H,3-12H2,1-2H3,(H,24,28)/t14?,15-,16+. The number of amides is 2. The molecule has 1 unspecified atom stereocenters. The first-order valence-electron chi connectivity index (χ1n) is 11.5. The van der Waals surface area contributed by atoms with E-state index in [1.54, 1.807) is 0 Å². The second kappa shape index (κ2) is 8.22. The van der Waals surface area contributed by atoms with Crippen molar-refractivity contribution in [3.63, 3.8) is 0 Å². The Labute approximate surface area is 181 Å². The molecule has 0 spiro atoms. The van der Waals surface area contributed by atoms with Crippen molar-refractivity contribution in [3.05, 3.63) is 22.5 Å². The number of ether oxygens (including phenoxy) is 1. The number of hydrogen-bond acceptors (Lipinski definition) is 6. The van der Waals surface area contributed by atoms with Crippen LogP contribution in [0.5, 0.6) is 0 Å². The Morgan fingerprint density at radius 1 is 1.19 bits per heavy atom. The first-order chi connectivity index (χ1) is 15.1. The Bertz CT molecular complexity index is 1000. The highest BCUT2D eigenvalue weighted by atomic mass is 16.5. The Morgan fingerprint density at radius 2 is 1.97 bits per heavy atom. The summed E-state index contributed by atoms with van der Waals surface area (Å²) in [6, 6.07) is 0.364. The van der Waals surface area contributed by atoms with Crippen molar-refractivity contribution in [2.75, 3.05) is 13.2 Å². The average molecular weight is 427 g/mol. The number of fused-ring (bicyclic) bond motifs is 4. The molecule has 1 N–H and O–H groups in total. The second-order valence-electron chi connectivity index (χ2n) is 9.04. The number of carbonyl (C=O) groups excluding carboxylic acids is 2. The summed E-state index contributed by atoms with van der Waals surface area (Å²) < 4.78 is 10.7. The molecule has 2 bridgehead atoms. The monoisotopic (exact) mass is 426 g/mol. The van der Waals surface area contributed by atoms with Crippen LogP contribution in [0.25, 0.3) is 11.1 Å². The predicted octanol–water partition coefficient (Wildman–Crippen LogP) is 2.70. The lowest BCUT2D eigenvalue weighted by Crippen LogP contribution is -2.59. The van der Waals surface area contributed by atoms with Crippen LogP contribution in [0.15, 0.2) is 4.52 Å². The second-order valence-corrected chi connectivity index (χ2v) is 9.04. The van der Waals surface area contributed by atoms with Crippen LogP contribution >= 0.6 is 0 Å². The van der Waals surface area contributed by atoms with Crippen molar-refractivity contribution < 1.29 is 18.8 Å². The van der Waals surface area contributed by atoms with Crippen LogP contribution in [0.2, 0.25) is 0 Å². The van der Waals surface area contributed by atoms with E-state index in [1.165, 1.54) is 0 Å². The summed E-state index contributed by atoms with van der Waals surface area (Å²) in [5.41, 5.74) is 4.02. The molecule has 0 aromatic carbocycles. The van der Waals surface area contributed by atoms with Gasteiger partial charge in [-0.2, -0.15) is 0 Å². The van der Waals surface area contributed by atoms with Gasteiger partial charge in [0.05, 0.1) is 16.6 Å². The van der Waals surface area contributed by atoms with E-state index in [2.05, 4.69) is 20.4 Å². The number of aromatic nitrogens is 2. The molecule has 2 saturated heterocycles. The zero-order chi connectivity index (χ0) is 21.5. The number of piperidine rings is 2. The summed E-state index contributed by atoms with van der Waals surface area (Å²) >= 11 is 0. The first-order valence-corrected chi connectivity index (χ1v) is 11.5. The van der Waals surface area contributed by atoms with Gasteiger partial charge in [0.25, 0.3) is 11.6 Å². The highest BCUT2D eigenvalue weighted by molar-refractivity contribution is 6.08. The number of nitrogens with zero attached hydrogens (tertiary/aromatic N) is 3. The normalized spacial score (nSPS) is 25.0. The Hall–Kier alpha value is -2.48. The molecular formula is C23H30N4O4. The number of aryl methyl sites for hydroxylation is 2. The minimum atomic E-state index is -0.0709. The minimum absolute atomic E-state index is 0.0709. The maximum atomic E-state index is 14.0. The molecular weight excluding hydrogens is 396 g/mol. The minimum Gasteiger partial charge on any atom is -0.372 e. The van der Waals surface area contributed by atoms with Gasteiger partial charge in [-0.3, -0.25) is 9.59 Å². The third-order valence-corrected chi connectivity index (χ3v) is 7.05. The molecule has 31 heavy (non-hydrogen) atoms. The molecule has 2 aliphatic heterocycles. The van der Waals surface area contributed by atoms with Crippen molar-refractivity contribution in [1.29, 1.82) is 0 Å². The van der Waals surface area contributed by atoms with E-state index in [0.29, 0.717) is 12.3 Å². The Morgan fingerprint density at radius 3 is 2.71 bits per heavy atom. The average Bonchev–Trinajstić information content (AvgIpc) is 3.36. The SMILES string of the molecule is CCOCC(=O)NC1C[C@H]2CCC[C@@H](C1)N2C(=O)c1c2c(nc3onc(C)c13)CCC2. The summed E-state index contributed by atoms with van der Waals surface area (Å²) in [7, 11) is 0. The van der Waals surface area contributed by atoms with Crippen molar-refractivity contribution in [2.24, 2.45) is 0 Å². The molecule has 3 aliphatic rings. The summed E-state index contributed by atoms with van der Waals surface area (Å²) in [6.45, 7) is 4.38. The van der Waals surface area contributed by atoms with E-state index in [-0.39, 0.29) is 36.5 Å². The molecule has 3 atom stereocenters. The Kier molecular flexibility index (Phi) is 5.42. The zero-order valence-electron chi connectivity index (χ0n) is 18.3. The third-order valence-electron chi connectivity index (χ3n) is 7.05. The number of carbonyl (C=O) groups is 2. The molecule has 8 heteroatoms. The van der Waals surface area contributed by atoms with Crippen molar-refractivity contribution >= 4 is 22.9 Å². The molecule has 2 aromatic rings. The smallest absolute Gasteiger partial charge is 0.259 e. The largest absolute Gasteiger partial charge is 0.372 e. The van der Waals surface area contributed by atoms with Gasteiger partial charge < -0.3 is 19.5 Å². The van der Waals surface area contributed by atoms with Crippen LogP contribution in [-0.4, -0.2) is 58.2 Å². The number of hydrogen-bond donors (Lipinski definition) is 1. The lowest BCUT2D eigenvalue weighted by molar-refractivity contribution is -0.126. The highest BCUT2D eigenvalue weighted by Gasteiger charge is 2.43. The van der Waals surface area contributed by atoms with Gasteiger partial charge in [0.2, 0.25) is 5.91 Å². The van der Waals surface area contributed by atoms with Crippen molar-refractivity contribution in [3.8, 4) is 0 Å². The van der Waals surface area contributed by atoms with Gasteiger partial charge in [-0.25, -0.2) is 4.98 Å². The molecule has 1 aliphatic carbocycles. The van der Waals surface area contributed by atoms with Crippen LogP contribution in [0.4, 0.5) is 0 Å². The fraction of sp³-hybridized carbons (Fsp3) is 0.652. The van der Waals surface area contributed by atoms with Crippen molar-refractivity contribution in [1.82, 2.24) is 20.4 Å². The predicted molar refractivity (Wildman–Crippen MR) is 114 cm³/mol. The van der Waals surface area contributed by atoms with Crippen LogP contribution in [0, 0.1) is 6.92 Å². The number of rotatable bonds is 5. The maximum absolute atomic E-state index is 14.0. The van der Waals surface area contributed by atoms with E-state index in [9.17, 15) is 9.59 Å². The zero-order valence-corrected chi connectivity index (χ0v) is 18.3. The quantitative estimate of drug-likeness (QED) is 0.790. The van der Waals surface area contributed by atoms with E-state index >= 15 is 0 Å². The van der Waals surface area contributed by atoms with Crippen LogP contribution < -0.4 is 5.32 Å². The summed E-state index contributed by atoms with van der Waals surface area (Å²) in [4.78, 5) is 32.9. The Balaban J connectivity index is 1.43. The lowest BCUT2D eigenvalue weighted by atomic mass is 9.81. The van der Waals surface area contributed by atoms with E-state index in [4.69, 9.17) is 9.26 Å². The summed E-state index contributed by atoms with van der Waals surface area (Å²) in [6.07, 6.45) is 7.42. The van der Waals surface area contributed by atoms with Gasteiger partial charge in [0.15, 0.2) is 0 Å². The van der Waals surface area contributed by atoms with Crippen LogP contribution in [-0.2, 0) is 22.4 Å². The van der Waals surface area contributed by atoms with Gasteiger partial charge in [-0.1, -0.05) is 5.16 Å². The number of nitrogens with one attached hydrogen (secondary N) is 1. The third kappa shape index (κ3) is 3.60. The molecule has 5 rings (SSSR count). The molecule has 0 radical (unpaired) electrons. The van der Waals surface area contributed by atoms with E-state index in [0.717, 1.165) is 79.3 Å². The molecule has 4 heterocycles. The van der Waals surface area contributed by atoms with Gasteiger partial charge in [-0.15, -0.1) is 0 Å². The summed E-state index contributed by atoms with van der Waals surface area (Å²) in [5.74, 6) is 0.0177. The van der Waals surface area contributed by atoms with E-state index in [1.807, 2.05) is 13.8 Å². The fourth-order valence-corrected chi connectivity index (χ4v) is 5.78.